The second kappa shape index (κ2) is 7.35. The van der Waals surface area contributed by atoms with Crippen molar-refractivity contribution >= 4 is 11.8 Å². The zero-order valence-corrected chi connectivity index (χ0v) is 16.1. The van der Waals surface area contributed by atoms with Crippen molar-refractivity contribution in [1.29, 1.82) is 0 Å². The standard InChI is InChI=1S/C21H28N4O2/c1-22-11-13-23(2)20(26)16-7-9-17-18(10-8-16)25(14-15-5-6-15)21(27)19-4-3-12-24(17)19/h3,7,9-10,12,15,19,22H,4-6,8,11,13-14H2,1-2H3. The number of likely N-dealkylation sites (N-methyl/N-ethyl adjacent to an activating group) is 2. The van der Waals surface area contributed by atoms with Crippen molar-refractivity contribution in [1.82, 2.24) is 20.0 Å². The number of carbonyl (C=O) groups is 2. The molecule has 0 radical (unpaired) electrons. The molecule has 2 aliphatic heterocycles. The molecule has 0 aromatic rings. The third kappa shape index (κ3) is 3.46. The van der Waals surface area contributed by atoms with E-state index in [9.17, 15) is 9.59 Å². The number of rotatable bonds is 6. The monoisotopic (exact) mass is 368 g/mol. The van der Waals surface area contributed by atoms with Gasteiger partial charge < -0.3 is 20.0 Å². The van der Waals surface area contributed by atoms with Crippen LogP contribution in [-0.2, 0) is 9.59 Å². The van der Waals surface area contributed by atoms with E-state index >= 15 is 0 Å². The summed E-state index contributed by atoms with van der Waals surface area (Å²) in [6.07, 6.45) is 13.8. The molecular formula is C21H28N4O2. The van der Waals surface area contributed by atoms with Crippen LogP contribution in [0.5, 0.6) is 0 Å². The van der Waals surface area contributed by atoms with E-state index in [2.05, 4.69) is 22.4 Å². The molecule has 2 heterocycles. The van der Waals surface area contributed by atoms with Gasteiger partial charge in [-0.25, -0.2) is 0 Å². The molecule has 27 heavy (non-hydrogen) atoms. The number of carbonyl (C=O) groups excluding carboxylic acids is 2. The number of nitrogens with zero attached hydrogens (tertiary/aromatic N) is 3. The molecule has 1 saturated carbocycles. The van der Waals surface area contributed by atoms with Crippen LogP contribution < -0.4 is 5.32 Å². The molecule has 2 amide bonds. The molecule has 2 fully saturated rings. The lowest BCUT2D eigenvalue weighted by molar-refractivity contribution is -0.135. The fraction of sp³-hybridized carbons (Fsp3) is 0.524. The molecular weight excluding hydrogens is 340 g/mol. The predicted octanol–water partition coefficient (Wildman–Crippen LogP) is 1.60. The van der Waals surface area contributed by atoms with E-state index in [1.165, 1.54) is 12.8 Å². The van der Waals surface area contributed by atoms with Gasteiger partial charge in [0.2, 0.25) is 11.8 Å². The Morgan fingerprint density at radius 3 is 2.85 bits per heavy atom. The Morgan fingerprint density at radius 1 is 1.30 bits per heavy atom. The normalized spacial score (nSPS) is 24.0. The van der Waals surface area contributed by atoms with Gasteiger partial charge in [-0.1, -0.05) is 18.2 Å². The number of fused-ring (bicyclic) bond motifs is 3. The Labute approximate surface area is 160 Å². The maximum Gasteiger partial charge on any atom is 0.250 e. The molecule has 0 aromatic heterocycles. The topological polar surface area (TPSA) is 55.9 Å². The third-order valence-corrected chi connectivity index (χ3v) is 5.76. The summed E-state index contributed by atoms with van der Waals surface area (Å²) in [5.74, 6) is 0.865. The van der Waals surface area contributed by atoms with Crippen LogP contribution in [0.1, 0.15) is 25.7 Å². The molecule has 6 nitrogen and oxygen atoms in total. The first-order chi connectivity index (χ1) is 13.1. The van der Waals surface area contributed by atoms with Crippen LogP contribution in [0.15, 0.2) is 47.5 Å². The summed E-state index contributed by atoms with van der Waals surface area (Å²) in [6, 6.07) is -0.129. The highest BCUT2D eigenvalue weighted by atomic mass is 16.2. The van der Waals surface area contributed by atoms with Gasteiger partial charge in [-0.15, -0.1) is 0 Å². The summed E-state index contributed by atoms with van der Waals surface area (Å²) in [4.78, 5) is 31.6. The minimum Gasteiger partial charge on any atom is -0.341 e. The van der Waals surface area contributed by atoms with Crippen LogP contribution >= 0.6 is 0 Å². The Hall–Kier alpha value is -2.34. The van der Waals surface area contributed by atoms with Crippen LogP contribution in [-0.4, -0.2) is 66.3 Å². The van der Waals surface area contributed by atoms with Crippen LogP contribution in [0.3, 0.4) is 0 Å². The largest absolute Gasteiger partial charge is 0.341 e. The van der Waals surface area contributed by atoms with Crippen molar-refractivity contribution in [2.45, 2.75) is 31.7 Å². The van der Waals surface area contributed by atoms with E-state index in [1.54, 1.807) is 4.90 Å². The Bertz CT molecular complexity index is 760. The van der Waals surface area contributed by atoms with Gasteiger partial charge in [0.1, 0.15) is 6.04 Å². The van der Waals surface area contributed by atoms with Gasteiger partial charge in [-0.2, -0.15) is 0 Å². The molecule has 144 valence electrons. The zero-order chi connectivity index (χ0) is 19.0. The maximum atomic E-state index is 13.1. The Balaban J connectivity index is 1.61. The SMILES string of the molecule is CNCCN(C)C(=O)C1=CC=C2C(=CC1)N(CC1CC1)C(=O)C1CC=CN21. The van der Waals surface area contributed by atoms with E-state index in [0.29, 0.717) is 18.9 Å². The van der Waals surface area contributed by atoms with Crippen molar-refractivity contribution < 1.29 is 9.59 Å². The molecule has 0 spiro atoms. The van der Waals surface area contributed by atoms with Gasteiger partial charge in [-0.3, -0.25) is 9.59 Å². The van der Waals surface area contributed by atoms with Crippen molar-refractivity contribution in [2.24, 2.45) is 5.92 Å². The van der Waals surface area contributed by atoms with Gasteiger partial charge in [0.15, 0.2) is 0 Å². The van der Waals surface area contributed by atoms with Gasteiger partial charge in [0.05, 0.1) is 11.4 Å². The van der Waals surface area contributed by atoms with E-state index in [4.69, 9.17) is 0 Å². The fourth-order valence-corrected chi connectivity index (χ4v) is 3.93. The number of hydrogen-bond acceptors (Lipinski definition) is 4. The lowest BCUT2D eigenvalue weighted by Crippen LogP contribution is -2.51. The van der Waals surface area contributed by atoms with Gasteiger partial charge in [0, 0.05) is 38.5 Å². The second-order valence-electron chi connectivity index (χ2n) is 7.80. The smallest absolute Gasteiger partial charge is 0.250 e. The average Bonchev–Trinajstić information content (AvgIpc) is 3.41. The van der Waals surface area contributed by atoms with E-state index in [1.807, 2.05) is 37.3 Å². The maximum absolute atomic E-state index is 13.1. The highest BCUT2D eigenvalue weighted by Gasteiger charge is 2.42. The molecule has 1 unspecified atom stereocenters. The van der Waals surface area contributed by atoms with Crippen LogP contribution in [0, 0.1) is 5.92 Å². The molecule has 1 atom stereocenters. The number of nitrogens with one attached hydrogen (secondary N) is 1. The molecule has 2 aliphatic carbocycles. The minimum absolute atomic E-state index is 0.0474. The Kier molecular flexibility index (Phi) is 4.91. The summed E-state index contributed by atoms with van der Waals surface area (Å²) >= 11 is 0. The third-order valence-electron chi connectivity index (χ3n) is 5.76. The first-order valence-corrected chi connectivity index (χ1v) is 9.88. The zero-order valence-electron chi connectivity index (χ0n) is 16.1. The number of piperazine rings is 1. The van der Waals surface area contributed by atoms with E-state index in [0.717, 1.165) is 36.5 Å². The molecule has 6 heteroatoms. The van der Waals surface area contributed by atoms with E-state index in [-0.39, 0.29) is 17.9 Å². The molecule has 0 bridgehead atoms. The number of hydrogen-bond donors (Lipinski definition) is 1. The summed E-state index contributed by atoms with van der Waals surface area (Å²) in [6.45, 7) is 2.24. The van der Waals surface area contributed by atoms with E-state index < -0.39 is 0 Å². The predicted molar refractivity (Wildman–Crippen MR) is 104 cm³/mol. The number of allylic oxidation sites excluding steroid dienone is 3. The lowest BCUT2D eigenvalue weighted by atomic mass is 10.0. The molecule has 4 aliphatic rings. The van der Waals surface area contributed by atoms with Crippen molar-refractivity contribution in [3.05, 3.63) is 47.5 Å². The molecule has 1 saturated heterocycles. The Morgan fingerprint density at radius 2 is 2.11 bits per heavy atom. The quantitative estimate of drug-likeness (QED) is 0.774. The van der Waals surface area contributed by atoms with Crippen molar-refractivity contribution in [3.8, 4) is 0 Å². The lowest BCUT2D eigenvalue weighted by Gasteiger charge is -2.41. The summed E-state index contributed by atoms with van der Waals surface area (Å²) in [5, 5.41) is 3.07. The summed E-state index contributed by atoms with van der Waals surface area (Å²) in [7, 11) is 3.72. The summed E-state index contributed by atoms with van der Waals surface area (Å²) in [5.41, 5.74) is 2.77. The van der Waals surface area contributed by atoms with Gasteiger partial charge in [-0.05, 0) is 44.7 Å². The highest BCUT2D eigenvalue weighted by molar-refractivity contribution is 5.94. The van der Waals surface area contributed by atoms with Crippen molar-refractivity contribution in [2.75, 3.05) is 33.7 Å². The van der Waals surface area contributed by atoms with Crippen LogP contribution in [0.4, 0.5) is 0 Å². The van der Waals surface area contributed by atoms with Crippen LogP contribution in [0.2, 0.25) is 0 Å². The molecule has 0 aromatic carbocycles. The average molecular weight is 368 g/mol. The van der Waals surface area contributed by atoms with Gasteiger partial charge in [0.25, 0.3) is 0 Å². The second-order valence-corrected chi connectivity index (χ2v) is 7.80. The van der Waals surface area contributed by atoms with Crippen LogP contribution in [0.25, 0.3) is 0 Å². The summed E-state index contributed by atoms with van der Waals surface area (Å²) < 4.78 is 0. The minimum atomic E-state index is -0.129. The fourth-order valence-electron chi connectivity index (χ4n) is 3.93. The highest BCUT2D eigenvalue weighted by Crippen LogP contribution is 2.39. The first-order valence-electron chi connectivity index (χ1n) is 9.88. The molecule has 1 N–H and O–H groups in total. The van der Waals surface area contributed by atoms with Gasteiger partial charge >= 0.3 is 0 Å². The number of amides is 2. The van der Waals surface area contributed by atoms with Crippen molar-refractivity contribution in [3.63, 3.8) is 0 Å². The first kappa shape index (κ1) is 18.0. The molecule has 4 rings (SSSR count).